The van der Waals surface area contributed by atoms with Crippen molar-refractivity contribution in [2.24, 2.45) is 0 Å². The number of aromatic nitrogens is 1. The van der Waals surface area contributed by atoms with E-state index in [1.807, 2.05) is 60.7 Å². The zero-order valence-corrected chi connectivity index (χ0v) is 13.2. The van der Waals surface area contributed by atoms with Crippen molar-refractivity contribution in [1.29, 1.82) is 0 Å². The molecule has 3 rings (SSSR count). The molecule has 0 fully saturated rings. The van der Waals surface area contributed by atoms with Crippen molar-refractivity contribution in [3.63, 3.8) is 0 Å². The highest BCUT2D eigenvalue weighted by Gasteiger charge is 2.07. The van der Waals surface area contributed by atoms with Crippen LogP contribution in [0.15, 0.2) is 72.9 Å². The third-order valence-electron chi connectivity index (χ3n) is 3.39. The number of anilines is 3. The molecule has 0 unspecified atom stereocenters. The monoisotopic (exact) mass is 319 g/mol. The largest absolute Gasteiger partial charge is 0.497 e. The van der Waals surface area contributed by atoms with Crippen LogP contribution in [0.2, 0.25) is 0 Å². The van der Waals surface area contributed by atoms with Gasteiger partial charge in [-0.05, 0) is 36.4 Å². The highest BCUT2D eigenvalue weighted by molar-refractivity contribution is 6.02. The molecule has 24 heavy (non-hydrogen) atoms. The van der Waals surface area contributed by atoms with Crippen molar-refractivity contribution in [1.82, 2.24) is 4.98 Å². The van der Waals surface area contributed by atoms with E-state index in [2.05, 4.69) is 15.6 Å². The number of carbonyl (C=O) groups excluding carboxylic acids is 1. The van der Waals surface area contributed by atoms with E-state index in [-0.39, 0.29) is 5.91 Å². The molecule has 0 saturated carbocycles. The molecular formula is C19H17N3O2. The molecule has 1 heterocycles. The molecule has 0 aliphatic rings. The summed E-state index contributed by atoms with van der Waals surface area (Å²) < 4.78 is 5.19. The number of para-hydroxylation sites is 1. The van der Waals surface area contributed by atoms with Gasteiger partial charge in [0.1, 0.15) is 11.4 Å². The molecule has 1 amide bonds. The van der Waals surface area contributed by atoms with Gasteiger partial charge in [-0.25, -0.2) is 4.98 Å². The summed E-state index contributed by atoms with van der Waals surface area (Å²) in [6.07, 6.45) is 1.62. The summed E-state index contributed by atoms with van der Waals surface area (Å²) >= 11 is 0. The normalized spacial score (nSPS) is 10.0. The Balaban J connectivity index is 1.67. The van der Waals surface area contributed by atoms with E-state index in [1.54, 1.807) is 19.4 Å². The molecule has 120 valence electrons. The van der Waals surface area contributed by atoms with E-state index < -0.39 is 0 Å². The molecule has 0 aliphatic heterocycles. The second kappa shape index (κ2) is 7.28. The molecule has 2 aromatic carbocycles. The van der Waals surface area contributed by atoms with Crippen LogP contribution in [0.4, 0.5) is 17.1 Å². The van der Waals surface area contributed by atoms with Crippen LogP contribution in [0.25, 0.3) is 0 Å². The first-order valence-electron chi connectivity index (χ1n) is 7.48. The SMILES string of the molecule is COc1cccc(Nc2ccc(C(=O)Nc3ccccc3)nc2)c1. The topological polar surface area (TPSA) is 63.2 Å². The zero-order valence-electron chi connectivity index (χ0n) is 13.2. The Hall–Kier alpha value is -3.34. The van der Waals surface area contributed by atoms with Crippen LogP contribution in [0.3, 0.4) is 0 Å². The smallest absolute Gasteiger partial charge is 0.274 e. The van der Waals surface area contributed by atoms with E-state index in [9.17, 15) is 4.79 Å². The van der Waals surface area contributed by atoms with E-state index in [0.29, 0.717) is 5.69 Å². The first-order chi connectivity index (χ1) is 11.7. The first kappa shape index (κ1) is 15.6. The van der Waals surface area contributed by atoms with Gasteiger partial charge in [0.15, 0.2) is 0 Å². The molecule has 0 aliphatic carbocycles. The van der Waals surface area contributed by atoms with Gasteiger partial charge in [-0.1, -0.05) is 24.3 Å². The number of ether oxygens (including phenoxy) is 1. The minimum atomic E-state index is -0.242. The average molecular weight is 319 g/mol. The summed E-state index contributed by atoms with van der Waals surface area (Å²) in [6.45, 7) is 0. The third-order valence-corrected chi connectivity index (χ3v) is 3.39. The number of pyridine rings is 1. The van der Waals surface area contributed by atoms with Crippen LogP contribution >= 0.6 is 0 Å². The third kappa shape index (κ3) is 3.89. The Morgan fingerprint density at radius 3 is 2.42 bits per heavy atom. The quantitative estimate of drug-likeness (QED) is 0.743. The summed E-state index contributed by atoms with van der Waals surface area (Å²) in [7, 11) is 1.63. The van der Waals surface area contributed by atoms with E-state index in [1.165, 1.54) is 0 Å². The van der Waals surface area contributed by atoms with Gasteiger partial charge in [0.25, 0.3) is 5.91 Å². The van der Waals surface area contributed by atoms with Gasteiger partial charge in [0.2, 0.25) is 0 Å². The van der Waals surface area contributed by atoms with Crippen LogP contribution < -0.4 is 15.4 Å². The van der Waals surface area contributed by atoms with Gasteiger partial charge in [-0.2, -0.15) is 0 Å². The van der Waals surface area contributed by atoms with Crippen LogP contribution in [0.5, 0.6) is 5.75 Å². The number of hydrogen-bond acceptors (Lipinski definition) is 4. The molecule has 0 atom stereocenters. The van der Waals surface area contributed by atoms with Gasteiger partial charge < -0.3 is 15.4 Å². The molecular weight excluding hydrogens is 302 g/mol. The molecule has 0 spiro atoms. The molecule has 0 bridgehead atoms. The van der Waals surface area contributed by atoms with Crippen molar-refractivity contribution < 1.29 is 9.53 Å². The van der Waals surface area contributed by atoms with Crippen molar-refractivity contribution in [2.75, 3.05) is 17.7 Å². The lowest BCUT2D eigenvalue weighted by Crippen LogP contribution is -2.13. The number of amides is 1. The Kier molecular flexibility index (Phi) is 4.72. The Bertz CT molecular complexity index is 818. The molecule has 3 aromatic rings. The number of nitrogens with one attached hydrogen (secondary N) is 2. The number of methoxy groups -OCH3 is 1. The van der Waals surface area contributed by atoms with Crippen LogP contribution in [0.1, 0.15) is 10.5 Å². The minimum absolute atomic E-state index is 0.242. The maximum atomic E-state index is 12.2. The average Bonchev–Trinajstić information content (AvgIpc) is 2.63. The van der Waals surface area contributed by atoms with Gasteiger partial charge in [0, 0.05) is 17.4 Å². The fraction of sp³-hybridized carbons (Fsp3) is 0.0526. The second-order valence-electron chi connectivity index (χ2n) is 5.11. The predicted molar refractivity (Wildman–Crippen MR) is 94.9 cm³/mol. The molecule has 2 N–H and O–H groups in total. The molecule has 0 saturated heterocycles. The van der Waals surface area contributed by atoms with E-state index in [4.69, 9.17) is 4.74 Å². The van der Waals surface area contributed by atoms with Gasteiger partial charge in [-0.15, -0.1) is 0 Å². The summed E-state index contributed by atoms with van der Waals surface area (Å²) in [5, 5.41) is 6.02. The lowest BCUT2D eigenvalue weighted by molar-refractivity contribution is 0.102. The molecule has 1 aromatic heterocycles. The highest BCUT2D eigenvalue weighted by atomic mass is 16.5. The number of nitrogens with zero attached hydrogens (tertiary/aromatic N) is 1. The summed E-state index contributed by atoms with van der Waals surface area (Å²) in [5.74, 6) is 0.529. The Morgan fingerprint density at radius 2 is 1.71 bits per heavy atom. The lowest BCUT2D eigenvalue weighted by Gasteiger charge is -2.09. The fourth-order valence-electron chi connectivity index (χ4n) is 2.19. The van der Waals surface area contributed by atoms with Crippen LogP contribution in [-0.2, 0) is 0 Å². The van der Waals surface area contributed by atoms with Gasteiger partial charge in [-0.3, -0.25) is 4.79 Å². The molecule has 5 nitrogen and oxygen atoms in total. The predicted octanol–water partition coefficient (Wildman–Crippen LogP) is 4.09. The Labute approximate surface area is 140 Å². The Morgan fingerprint density at radius 1 is 0.917 bits per heavy atom. The van der Waals surface area contributed by atoms with E-state index >= 15 is 0 Å². The highest BCUT2D eigenvalue weighted by Crippen LogP contribution is 2.21. The van der Waals surface area contributed by atoms with Gasteiger partial charge in [0.05, 0.1) is 19.0 Å². The van der Waals surface area contributed by atoms with Crippen molar-refractivity contribution >= 4 is 23.0 Å². The number of carbonyl (C=O) groups is 1. The summed E-state index contributed by atoms with van der Waals surface area (Å²) in [6, 6.07) is 20.4. The van der Waals surface area contributed by atoms with Gasteiger partial charge >= 0.3 is 0 Å². The van der Waals surface area contributed by atoms with Crippen LogP contribution in [0, 0.1) is 0 Å². The zero-order chi connectivity index (χ0) is 16.8. The second-order valence-corrected chi connectivity index (χ2v) is 5.11. The van der Waals surface area contributed by atoms with E-state index in [0.717, 1.165) is 22.8 Å². The van der Waals surface area contributed by atoms with Crippen molar-refractivity contribution in [2.45, 2.75) is 0 Å². The first-order valence-corrected chi connectivity index (χ1v) is 7.48. The summed E-state index contributed by atoms with van der Waals surface area (Å²) in [4.78, 5) is 16.4. The standard InChI is InChI=1S/C19H17N3O2/c1-24-17-9-5-8-15(12-17)21-16-10-11-18(20-13-16)19(23)22-14-6-3-2-4-7-14/h2-13,21H,1H3,(H,22,23). The van der Waals surface area contributed by atoms with Crippen molar-refractivity contribution in [3.8, 4) is 5.75 Å². The lowest BCUT2D eigenvalue weighted by atomic mass is 10.2. The van der Waals surface area contributed by atoms with Crippen molar-refractivity contribution in [3.05, 3.63) is 78.6 Å². The number of rotatable bonds is 5. The summed E-state index contributed by atoms with van der Waals surface area (Å²) in [5.41, 5.74) is 2.77. The molecule has 5 heteroatoms. The maximum Gasteiger partial charge on any atom is 0.274 e. The molecule has 0 radical (unpaired) electrons. The maximum absolute atomic E-state index is 12.2. The number of benzene rings is 2. The fourth-order valence-corrected chi connectivity index (χ4v) is 2.19. The number of hydrogen-bond donors (Lipinski definition) is 2. The minimum Gasteiger partial charge on any atom is -0.497 e. The van der Waals surface area contributed by atoms with Crippen LogP contribution in [-0.4, -0.2) is 18.0 Å².